The molecule has 1 aromatic carbocycles. The van der Waals surface area contributed by atoms with Crippen LogP contribution >= 0.6 is 11.8 Å². The van der Waals surface area contributed by atoms with Crippen LogP contribution in [0.15, 0.2) is 29.6 Å². The van der Waals surface area contributed by atoms with E-state index >= 15 is 0 Å². The molecule has 0 spiro atoms. The maximum absolute atomic E-state index is 12.9. The zero-order valence-electron chi connectivity index (χ0n) is 17.5. The van der Waals surface area contributed by atoms with E-state index in [1.54, 1.807) is 27.3 Å². The highest BCUT2D eigenvalue weighted by Crippen LogP contribution is 2.38. The van der Waals surface area contributed by atoms with Crippen molar-refractivity contribution in [2.24, 2.45) is 0 Å². The van der Waals surface area contributed by atoms with Crippen molar-refractivity contribution in [2.45, 2.75) is 30.8 Å². The number of hydrogen-bond donors (Lipinski definition) is 0. The summed E-state index contributed by atoms with van der Waals surface area (Å²) in [6.45, 7) is 2.08. The number of carbonyl (C=O) groups is 2. The normalized spacial score (nSPS) is 15.6. The fraction of sp³-hybridized carbons (Fsp3) is 0.381. The van der Waals surface area contributed by atoms with Crippen LogP contribution in [0.3, 0.4) is 0 Å². The molecule has 0 saturated carbocycles. The number of ketones is 1. The first-order chi connectivity index (χ1) is 15.0. The Morgan fingerprint density at radius 3 is 2.81 bits per heavy atom. The van der Waals surface area contributed by atoms with E-state index in [9.17, 15) is 9.59 Å². The van der Waals surface area contributed by atoms with Crippen LogP contribution in [0, 0.1) is 0 Å². The number of rotatable bonds is 7. The van der Waals surface area contributed by atoms with Crippen molar-refractivity contribution >= 4 is 29.3 Å². The van der Waals surface area contributed by atoms with Gasteiger partial charge in [-0.25, -0.2) is 9.50 Å². The molecule has 1 aliphatic carbocycles. The first kappa shape index (κ1) is 21.1. The second-order valence-electron chi connectivity index (χ2n) is 6.97. The predicted octanol–water partition coefficient (Wildman–Crippen LogP) is 2.71. The molecule has 3 aromatic rings. The standard InChI is InChI=1S/C21H22N4O5S/c1-4-30-19(27)11-31-21-23-20-22-16-7-12(8-17(26)15(16)10-25(20)24-21)14-6-5-13(28-2)9-18(14)29-3/h5-6,9-10,12H,4,7-8,11H2,1-3H3. The largest absolute Gasteiger partial charge is 0.497 e. The van der Waals surface area contributed by atoms with Crippen LogP contribution in [0.5, 0.6) is 11.5 Å². The molecule has 1 unspecified atom stereocenters. The van der Waals surface area contributed by atoms with Gasteiger partial charge in [0.2, 0.25) is 5.16 Å². The second kappa shape index (κ2) is 8.93. The number of carbonyl (C=O) groups excluding carboxylic acids is 2. The molecule has 10 heteroatoms. The van der Waals surface area contributed by atoms with Gasteiger partial charge in [-0.15, -0.1) is 5.10 Å². The number of Topliss-reactive ketones (excluding diaryl/α,β-unsaturated/α-hetero) is 1. The monoisotopic (exact) mass is 442 g/mol. The molecule has 4 rings (SSSR count). The maximum atomic E-state index is 12.9. The van der Waals surface area contributed by atoms with Crippen molar-refractivity contribution in [3.8, 4) is 11.5 Å². The van der Waals surface area contributed by atoms with E-state index in [0.29, 0.717) is 53.1 Å². The summed E-state index contributed by atoms with van der Waals surface area (Å²) in [6.07, 6.45) is 2.60. The molecule has 162 valence electrons. The highest BCUT2D eigenvalue weighted by Gasteiger charge is 2.30. The zero-order chi connectivity index (χ0) is 22.0. The second-order valence-corrected chi connectivity index (χ2v) is 7.91. The van der Waals surface area contributed by atoms with Crippen LogP contribution in [-0.4, -0.2) is 57.9 Å². The lowest BCUT2D eigenvalue weighted by molar-refractivity contribution is -0.139. The summed E-state index contributed by atoms with van der Waals surface area (Å²) in [5.74, 6) is 1.49. The number of esters is 1. The Morgan fingerprint density at radius 1 is 1.23 bits per heavy atom. The van der Waals surface area contributed by atoms with E-state index in [2.05, 4.69) is 15.1 Å². The smallest absolute Gasteiger partial charge is 0.316 e. The van der Waals surface area contributed by atoms with Crippen LogP contribution < -0.4 is 9.47 Å². The SMILES string of the molecule is CCOC(=O)CSc1nc2nc3c(cn2n1)C(=O)CC(c1ccc(OC)cc1OC)C3. The fourth-order valence-electron chi connectivity index (χ4n) is 3.63. The molecule has 0 fully saturated rings. The number of nitrogens with zero attached hydrogens (tertiary/aromatic N) is 4. The Bertz CT molecular complexity index is 1150. The maximum Gasteiger partial charge on any atom is 0.316 e. The highest BCUT2D eigenvalue weighted by molar-refractivity contribution is 7.99. The van der Waals surface area contributed by atoms with E-state index in [-0.39, 0.29) is 23.4 Å². The third-order valence-electron chi connectivity index (χ3n) is 5.07. The van der Waals surface area contributed by atoms with Crippen LogP contribution in [0.25, 0.3) is 5.78 Å². The van der Waals surface area contributed by atoms with Gasteiger partial charge in [0.05, 0.1) is 37.8 Å². The zero-order valence-corrected chi connectivity index (χ0v) is 18.3. The number of benzene rings is 1. The van der Waals surface area contributed by atoms with Crippen molar-refractivity contribution < 1.29 is 23.8 Å². The Labute approximate surface area is 183 Å². The quantitative estimate of drug-likeness (QED) is 0.403. The summed E-state index contributed by atoms with van der Waals surface area (Å²) in [6, 6.07) is 5.61. The summed E-state index contributed by atoms with van der Waals surface area (Å²) in [4.78, 5) is 33.4. The van der Waals surface area contributed by atoms with Gasteiger partial charge in [-0.3, -0.25) is 9.59 Å². The minimum Gasteiger partial charge on any atom is -0.497 e. The third-order valence-corrected chi connectivity index (χ3v) is 5.88. The molecule has 0 aliphatic heterocycles. The van der Waals surface area contributed by atoms with E-state index in [1.807, 2.05) is 18.2 Å². The number of hydrogen-bond acceptors (Lipinski definition) is 9. The van der Waals surface area contributed by atoms with Crippen LogP contribution in [0.4, 0.5) is 0 Å². The molecule has 31 heavy (non-hydrogen) atoms. The Hall–Kier alpha value is -3.14. The van der Waals surface area contributed by atoms with Crippen molar-refractivity contribution in [3.63, 3.8) is 0 Å². The average Bonchev–Trinajstić information content (AvgIpc) is 3.18. The molecule has 0 N–H and O–H groups in total. The summed E-state index contributed by atoms with van der Waals surface area (Å²) >= 11 is 1.17. The first-order valence-electron chi connectivity index (χ1n) is 9.82. The number of methoxy groups -OCH3 is 2. The first-order valence-corrected chi connectivity index (χ1v) is 10.8. The minimum atomic E-state index is -0.329. The van der Waals surface area contributed by atoms with Gasteiger partial charge < -0.3 is 14.2 Å². The predicted molar refractivity (Wildman–Crippen MR) is 113 cm³/mol. The van der Waals surface area contributed by atoms with Crippen LogP contribution in [0.1, 0.15) is 40.9 Å². The van der Waals surface area contributed by atoms with E-state index in [1.165, 1.54) is 16.3 Å². The molecule has 1 atom stereocenters. The van der Waals surface area contributed by atoms with Crippen LogP contribution in [-0.2, 0) is 16.0 Å². The van der Waals surface area contributed by atoms with Crippen molar-refractivity contribution in [2.75, 3.05) is 26.6 Å². The summed E-state index contributed by atoms with van der Waals surface area (Å²) in [7, 11) is 3.20. The molecule has 0 amide bonds. The van der Waals surface area contributed by atoms with Crippen molar-refractivity contribution in [1.82, 2.24) is 19.6 Å². The molecule has 1 aliphatic rings. The lowest BCUT2D eigenvalue weighted by Gasteiger charge is -2.24. The molecule has 0 radical (unpaired) electrons. The van der Waals surface area contributed by atoms with Crippen LogP contribution in [0.2, 0.25) is 0 Å². The van der Waals surface area contributed by atoms with Gasteiger partial charge in [0, 0.05) is 24.6 Å². The molecule has 9 nitrogen and oxygen atoms in total. The molecule has 2 aromatic heterocycles. The van der Waals surface area contributed by atoms with Crippen molar-refractivity contribution in [3.05, 3.63) is 41.2 Å². The lowest BCUT2D eigenvalue weighted by atomic mass is 9.82. The molecule has 0 bridgehead atoms. The van der Waals surface area contributed by atoms with Gasteiger partial charge in [-0.1, -0.05) is 17.8 Å². The fourth-order valence-corrected chi connectivity index (χ4v) is 4.25. The Morgan fingerprint density at radius 2 is 2.06 bits per heavy atom. The van der Waals surface area contributed by atoms with Gasteiger partial charge in [0.1, 0.15) is 11.5 Å². The summed E-state index contributed by atoms with van der Waals surface area (Å²) < 4.78 is 17.2. The van der Waals surface area contributed by atoms with E-state index < -0.39 is 0 Å². The lowest BCUT2D eigenvalue weighted by Crippen LogP contribution is -2.21. The number of ether oxygens (including phenoxy) is 3. The van der Waals surface area contributed by atoms with Gasteiger partial charge in [0.15, 0.2) is 5.78 Å². The Balaban J connectivity index is 1.60. The summed E-state index contributed by atoms with van der Waals surface area (Å²) in [5, 5.41) is 4.73. The molecular formula is C21H22N4O5S. The van der Waals surface area contributed by atoms with E-state index in [0.717, 1.165) is 5.56 Å². The van der Waals surface area contributed by atoms with Gasteiger partial charge in [0.25, 0.3) is 5.78 Å². The third kappa shape index (κ3) is 4.34. The van der Waals surface area contributed by atoms with Gasteiger partial charge in [-0.05, 0) is 25.0 Å². The average molecular weight is 442 g/mol. The van der Waals surface area contributed by atoms with Crippen molar-refractivity contribution in [1.29, 1.82) is 0 Å². The topological polar surface area (TPSA) is 105 Å². The molecule has 2 heterocycles. The highest BCUT2D eigenvalue weighted by atomic mass is 32.2. The summed E-state index contributed by atoms with van der Waals surface area (Å²) in [5.41, 5.74) is 2.17. The Kier molecular flexibility index (Phi) is 6.08. The number of aromatic nitrogens is 4. The van der Waals surface area contributed by atoms with E-state index in [4.69, 9.17) is 14.2 Å². The number of thioether (sulfide) groups is 1. The minimum absolute atomic E-state index is 0.00486. The molecule has 0 saturated heterocycles. The van der Waals surface area contributed by atoms with Gasteiger partial charge >= 0.3 is 5.97 Å². The van der Waals surface area contributed by atoms with Gasteiger partial charge in [-0.2, -0.15) is 4.98 Å². The molecular weight excluding hydrogens is 420 g/mol. The number of fused-ring (bicyclic) bond motifs is 2.